The lowest BCUT2D eigenvalue weighted by Gasteiger charge is -2.35. The molecule has 0 aliphatic heterocycles. The van der Waals surface area contributed by atoms with Crippen LogP contribution in [-0.2, 0) is 12.1 Å². The van der Waals surface area contributed by atoms with E-state index in [0.29, 0.717) is 11.1 Å². The smallest absolute Gasteiger partial charge is 0.159 e. The van der Waals surface area contributed by atoms with Crippen LogP contribution in [0.15, 0.2) is 12.1 Å². The summed E-state index contributed by atoms with van der Waals surface area (Å²) in [5.41, 5.74) is 6.61. The summed E-state index contributed by atoms with van der Waals surface area (Å²) < 4.78 is 26.4. The van der Waals surface area contributed by atoms with Gasteiger partial charge in [0, 0.05) is 5.54 Å². The lowest BCUT2D eigenvalue weighted by molar-refractivity contribution is 0.262. The second-order valence-corrected chi connectivity index (χ2v) is 4.80. The second kappa shape index (κ2) is 4.70. The highest BCUT2D eigenvalue weighted by Crippen LogP contribution is 2.37. The lowest BCUT2D eigenvalue weighted by Crippen LogP contribution is -2.39. The number of hydrogen-bond acceptors (Lipinski definition) is 2. The van der Waals surface area contributed by atoms with Crippen molar-refractivity contribution in [3.8, 4) is 0 Å². The van der Waals surface area contributed by atoms with Gasteiger partial charge in [-0.25, -0.2) is 8.78 Å². The molecule has 0 atom stereocenters. The van der Waals surface area contributed by atoms with Crippen molar-refractivity contribution in [2.45, 2.75) is 44.2 Å². The minimum atomic E-state index is -0.933. The van der Waals surface area contributed by atoms with Gasteiger partial charge in [-0.05, 0) is 36.1 Å². The Morgan fingerprint density at radius 2 is 1.71 bits per heavy atom. The Labute approximate surface area is 99.4 Å². The zero-order valence-electron chi connectivity index (χ0n) is 9.68. The van der Waals surface area contributed by atoms with E-state index in [1.54, 1.807) is 0 Å². The van der Waals surface area contributed by atoms with Gasteiger partial charge in [-0.2, -0.15) is 0 Å². The topological polar surface area (TPSA) is 46.2 Å². The van der Waals surface area contributed by atoms with Gasteiger partial charge in [-0.15, -0.1) is 0 Å². The highest BCUT2D eigenvalue weighted by Gasteiger charge is 2.32. The number of nitrogens with two attached hydrogens (primary N) is 1. The van der Waals surface area contributed by atoms with E-state index in [4.69, 9.17) is 5.73 Å². The molecule has 1 aliphatic carbocycles. The van der Waals surface area contributed by atoms with Crippen molar-refractivity contribution in [2.24, 2.45) is 5.73 Å². The molecule has 0 unspecified atom stereocenters. The van der Waals surface area contributed by atoms with Gasteiger partial charge < -0.3 is 10.8 Å². The van der Waals surface area contributed by atoms with Crippen molar-refractivity contribution in [3.63, 3.8) is 0 Å². The summed E-state index contributed by atoms with van der Waals surface area (Å²) in [6.45, 7) is -0.314. The second-order valence-electron chi connectivity index (χ2n) is 4.80. The molecule has 1 aromatic carbocycles. The summed E-state index contributed by atoms with van der Waals surface area (Å²) in [7, 11) is 0. The fraction of sp³-hybridized carbons (Fsp3) is 0.538. The minimum Gasteiger partial charge on any atom is -0.392 e. The van der Waals surface area contributed by atoms with Gasteiger partial charge in [-0.1, -0.05) is 19.3 Å². The number of halogens is 2. The third-order valence-electron chi connectivity index (χ3n) is 3.60. The van der Waals surface area contributed by atoms with Crippen LogP contribution in [0.1, 0.15) is 43.2 Å². The molecule has 1 aromatic rings. The number of hydrogen-bond donors (Lipinski definition) is 2. The van der Waals surface area contributed by atoms with Gasteiger partial charge >= 0.3 is 0 Å². The van der Waals surface area contributed by atoms with Crippen molar-refractivity contribution >= 4 is 0 Å². The predicted molar refractivity (Wildman–Crippen MR) is 61.2 cm³/mol. The number of aliphatic hydroxyl groups excluding tert-OH is 1. The summed E-state index contributed by atoms with van der Waals surface area (Å²) in [5.74, 6) is -1.83. The number of aliphatic hydroxyl groups is 1. The van der Waals surface area contributed by atoms with Crippen LogP contribution < -0.4 is 5.73 Å². The van der Waals surface area contributed by atoms with Crippen molar-refractivity contribution in [1.29, 1.82) is 0 Å². The molecule has 2 rings (SSSR count). The van der Waals surface area contributed by atoms with Gasteiger partial charge in [0.15, 0.2) is 11.6 Å². The Kier molecular flexibility index (Phi) is 3.45. The minimum absolute atomic E-state index is 0.314. The summed E-state index contributed by atoms with van der Waals surface area (Å²) >= 11 is 0. The molecule has 4 heteroatoms. The monoisotopic (exact) mass is 241 g/mol. The van der Waals surface area contributed by atoms with Gasteiger partial charge in [-0.3, -0.25) is 0 Å². The van der Waals surface area contributed by atoms with Gasteiger partial charge in [0.1, 0.15) is 0 Å². The SMILES string of the molecule is NC1(c2cc(F)c(F)cc2CO)CCCCC1. The Hall–Kier alpha value is -1.00. The maximum Gasteiger partial charge on any atom is 0.159 e. The van der Waals surface area contributed by atoms with E-state index in [1.165, 1.54) is 0 Å². The molecule has 3 N–H and O–H groups in total. The molecule has 17 heavy (non-hydrogen) atoms. The first kappa shape index (κ1) is 12.5. The molecule has 0 saturated heterocycles. The quantitative estimate of drug-likeness (QED) is 0.836. The van der Waals surface area contributed by atoms with Gasteiger partial charge in [0.2, 0.25) is 0 Å². The summed E-state index contributed by atoms with van der Waals surface area (Å²) in [6, 6.07) is 2.19. The van der Waals surface area contributed by atoms with Crippen LogP contribution in [0.5, 0.6) is 0 Å². The third kappa shape index (κ3) is 2.33. The van der Waals surface area contributed by atoms with Crippen molar-refractivity contribution in [3.05, 3.63) is 34.9 Å². The van der Waals surface area contributed by atoms with Crippen LogP contribution >= 0.6 is 0 Å². The van der Waals surface area contributed by atoms with Crippen LogP contribution in [0.4, 0.5) is 8.78 Å². The highest BCUT2D eigenvalue weighted by molar-refractivity contribution is 5.34. The maximum atomic E-state index is 13.3. The zero-order valence-corrected chi connectivity index (χ0v) is 9.68. The standard InChI is InChI=1S/C13H17F2NO/c14-11-6-9(8-17)10(7-12(11)15)13(16)4-2-1-3-5-13/h6-7,17H,1-5,8,16H2. The summed E-state index contributed by atoms with van der Waals surface area (Å²) in [6.07, 6.45) is 4.61. The van der Waals surface area contributed by atoms with E-state index >= 15 is 0 Å². The van der Waals surface area contributed by atoms with Crippen LogP contribution in [0.3, 0.4) is 0 Å². The Balaban J connectivity index is 2.45. The van der Waals surface area contributed by atoms with Gasteiger partial charge in [0.25, 0.3) is 0 Å². The molecule has 1 fully saturated rings. The van der Waals surface area contributed by atoms with E-state index in [0.717, 1.165) is 44.2 Å². The average Bonchev–Trinajstić information content (AvgIpc) is 2.33. The van der Waals surface area contributed by atoms with Crippen molar-refractivity contribution in [1.82, 2.24) is 0 Å². The molecule has 0 spiro atoms. The van der Waals surface area contributed by atoms with Crippen LogP contribution in [0.2, 0.25) is 0 Å². The Morgan fingerprint density at radius 1 is 1.12 bits per heavy atom. The third-order valence-corrected chi connectivity index (χ3v) is 3.60. The molecule has 1 aliphatic rings. The van der Waals surface area contributed by atoms with E-state index in [9.17, 15) is 13.9 Å². The average molecular weight is 241 g/mol. The molecule has 1 saturated carbocycles. The molecule has 0 heterocycles. The fourth-order valence-electron chi connectivity index (χ4n) is 2.63. The predicted octanol–water partition coefficient (Wildman–Crippen LogP) is 2.58. The first-order valence-electron chi connectivity index (χ1n) is 5.95. The van der Waals surface area contributed by atoms with Crippen molar-refractivity contribution in [2.75, 3.05) is 0 Å². The summed E-state index contributed by atoms with van der Waals surface area (Å²) in [5, 5.41) is 9.23. The fourth-order valence-corrected chi connectivity index (χ4v) is 2.63. The molecular weight excluding hydrogens is 224 g/mol. The van der Waals surface area contributed by atoms with E-state index in [-0.39, 0.29) is 6.61 Å². The molecule has 94 valence electrons. The highest BCUT2D eigenvalue weighted by atomic mass is 19.2. The molecule has 0 bridgehead atoms. The largest absolute Gasteiger partial charge is 0.392 e. The van der Waals surface area contributed by atoms with Crippen LogP contribution in [-0.4, -0.2) is 5.11 Å². The van der Waals surface area contributed by atoms with Crippen LogP contribution in [0, 0.1) is 11.6 Å². The molecule has 0 amide bonds. The van der Waals surface area contributed by atoms with Crippen molar-refractivity contribution < 1.29 is 13.9 Å². The first-order valence-corrected chi connectivity index (χ1v) is 5.95. The van der Waals surface area contributed by atoms with E-state index in [2.05, 4.69) is 0 Å². The summed E-state index contributed by atoms with van der Waals surface area (Å²) in [4.78, 5) is 0. The first-order chi connectivity index (χ1) is 8.07. The Morgan fingerprint density at radius 3 is 2.29 bits per heavy atom. The molecule has 0 radical (unpaired) electrons. The molecule has 2 nitrogen and oxygen atoms in total. The maximum absolute atomic E-state index is 13.3. The normalized spacial score (nSPS) is 19.3. The van der Waals surface area contributed by atoms with E-state index in [1.807, 2.05) is 0 Å². The molecule has 0 aromatic heterocycles. The number of benzene rings is 1. The molecular formula is C13H17F2NO. The van der Waals surface area contributed by atoms with Gasteiger partial charge in [0.05, 0.1) is 6.61 Å². The van der Waals surface area contributed by atoms with E-state index < -0.39 is 17.2 Å². The lowest BCUT2D eigenvalue weighted by atomic mass is 9.76. The zero-order chi connectivity index (χ0) is 12.5. The Bertz CT molecular complexity index is 414. The number of rotatable bonds is 2. The van der Waals surface area contributed by atoms with Crippen LogP contribution in [0.25, 0.3) is 0 Å².